The Labute approximate surface area is 159 Å². The molecule has 0 unspecified atom stereocenters. The highest BCUT2D eigenvalue weighted by Gasteiger charge is 2.50. The third-order valence-corrected chi connectivity index (χ3v) is 6.28. The van der Waals surface area contributed by atoms with Crippen LogP contribution >= 0.6 is 0 Å². The van der Waals surface area contributed by atoms with Gasteiger partial charge in [-0.15, -0.1) is 0 Å². The molecular formula is C22H27NO4. The first-order chi connectivity index (χ1) is 13.0. The molecular weight excluding hydrogens is 342 g/mol. The van der Waals surface area contributed by atoms with Gasteiger partial charge in [-0.3, -0.25) is 4.90 Å². The maximum atomic E-state index is 11.7. The molecule has 5 nitrogen and oxygen atoms in total. The smallest absolute Gasteiger partial charge is 0.157 e. The normalized spacial score (nSPS) is 28.1. The van der Waals surface area contributed by atoms with Crippen LogP contribution in [0.5, 0.6) is 17.2 Å². The molecule has 0 spiro atoms. The fraction of sp³-hybridized carbons (Fsp3) is 0.455. The molecule has 4 rings (SSSR count). The third kappa shape index (κ3) is 3.26. The summed E-state index contributed by atoms with van der Waals surface area (Å²) in [4.78, 5) is 2.34. The van der Waals surface area contributed by atoms with Crippen molar-refractivity contribution in [3.05, 3.63) is 53.6 Å². The Hall–Kier alpha value is -2.24. The number of phenols is 2. The van der Waals surface area contributed by atoms with Gasteiger partial charge in [-0.05, 0) is 48.9 Å². The maximum absolute atomic E-state index is 11.7. The minimum atomic E-state index is -0.874. The number of benzene rings is 2. The summed E-state index contributed by atoms with van der Waals surface area (Å²) in [6, 6.07) is 12.8. The van der Waals surface area contributed by atoms with Gasteiger partial charge in [-0.25, -0.2) is 0 Å². The van der Waals surface area contributed by atoms with Crippen molar-refractivity contribution in [1.82, 2.24) is 4.90 Å². The molecule has 0 aromatic heterocycles. The largest absolute Gasteiger partial charge is 0.504 e. The van der Waals surface area contributed by atoms with E-state index >= 15 is 0 Å². The predicted octanol–water partition coefficient (Wildman–Crippen LogP) is 3.23. The number of rotatable bonds is 4. The van der Waals surface area contributed by atoms with Gasteiger partial charge in [0.2, 0.25) is 0 Å². The standard InChI is InChI=1S/C22H27NO4/c1-27-21-7-3-2-6-17(21)22(26)10-4-5-16-13-23(14-18(16)22)12-15-8-9-19(24)20(25)11-15/h2-3,6-9,11,16,18,24-26H,4-5,10,12-14H2,1H3/t16-,18+,22-/m1/s1. The van der Waals surface area contributed by atoms with E-state index in [1.165, 1.54) is 6.07 Å². The first kappa shape index (κ1) is 18.1. The zero-order valence-corrected chi connectivity index (χ0v) is 15.6. The summed E-state index contributed by atoms with van der Waals surface area (Å²) in [5, 5.41) is 31.0. The van der Waals surface area contributed by atoms with Crippen LogP contribution in [0.25, 0.3) is 0 Å². The lowest BCUT2D eigenvalue weighted by Crippen LogP contribution is -2.43. The van der Waals surface area contributed by atoms with Crippen molar-refractivity contribution in [2.45, 2.75) is 31.4 Å². The lowest BCUT2D eigenvalue weighted by Gasteiger charge is -2.42. The lowest BCUT2D eigenvalue weighted by atomic mass is 9.67. The van der Waals surface area contributed by atoms with Gasteiger partial charge < -0.3 is 20.1 Å². The van der Waals surface area contributed by atoms with Crippen LogP contribution in [0.2, 0.25) is 0 Å². The van der Waals surface area contributed by atoms with Crippen LogP contribution in [0.1, 0.15) is 30.4 Å². The fourth-order valence-electron chi connectivity index (χ4n) is 5.00. The summed E-state index contributed by atoms with van der Waals surface area (Å²) < 4.78 is 5.53. The molecule has 1 heterocycles. The zero-order chi connectivity index (χ0) is 19.0. The van der Waals surface area contributed by atoms with E-state index in [0.717, 1.165) is 49.2 Å². The molecule has 1 aliphatic carbocycles. The number of hydrogen-bond acceptors (Lipinski definition) is 5. The van der Waals surface area contributed by atoms with Crippen LogP contribution in [-0.2, 0) is 12.1 Å². The molecule has 1 saturated heterocycles. The van der Waals surface area contributed by atoms with Gasteiger partial charge in [0.25, 0.3) is 0 Å². The van der Waals surface area contributed by atoms with Crippen LogP contribution < -0.4 is 4.74 Å². The molecule has 5 heteroatoms. The van der Waals surface area contributed by atoms with Crippen molar-refractivity contribution in [2.75, 3.05) is 20.2 Å². The summed E-state index contributed by atoms with van der Waals surface area (Å²) in [6.45, 7) is 2.44. The first-order valence-electron chi connectivity index (χ1n) is 9.60. The van der Waals surface area contributed by atoms with Gasteiger partial charge in [0.15, 0.2) is 11.5 Å². The summed E-state index contributed by atoms with van der Waals surface area (Å²) in [5.74, 6) is 1.17. The average Bonchev–Trinajstić information content (AvgIpc) is 3.09. The molecule has 144 valence electrons. The quantitative estimate of drug-likeness (QED) is 0.722. The highest BCUT2D eigenvalue weighted by Crippen LogP contribution is 2.50. The summed E-state index contributed by atoms with van der Waals surface area (Å²) >= 11 is 0. The number of hydrogen-bond donors (Lipinski definition) is 3. The second kappa shape index (κ2) is 7.06. The van der Waals surface area contributed by atoms with Gasteiger partial charge in [-0.2, -0.15) is 0 Å². The molecule has 2 fully saturated rings. The van der Waals surface area contributed by atoms with E-state index in [1.54, 1.807) is 13.2 Å². The number of aliphatic hydroxyl groups is 1. The molecule has 27 heavy (non-hydrogen) atoms. The molecule has 3 atom stereocenters. The van der Waals surface area contributed by atoms with Crippen LogP contribution in [0.3, 0.4) is 0 Å². The van der Waals surface area contributed by atoms with Gasteiger partial charge in [0.1, 0.15) is 5.75 Å². The third-order valence-electron chi connectivity index (χ3n) is 6.28. The molecule has 3 N–H and O–H groups in total. The lowest BCUT2D eigenvalue weighted by molar-refractivity contribution is -0.0662. The molecule has 1 aliphatic heterocycles. The minimum Gasteiger partial charge on any atom is -0.504 e. The predicted molar refractivity (Wildman–Crippen MR) is 103 cm³/mol. The van der Waals surface area contributed by atoms with Crippen LogP contribution in [0, 0.1) is 11.8 Å². The summed E-state index contributed by atoms with van der Waals surface area (Å²) in [6.07, 6.45) is 2.88. The number of nitrogens with zero attached hydrogens (tertiary/aromatic N) is 1. The van der Waals surface area contributed by atoms with E-state index in [2.05, 4.69) is 4.90 Å². The Morgan fingerprint density at radius 2 is 1.93 bits per heavy atom. The van der Waals surface area contributed by atoms with E-state index < -0.39 is 5.60 Å². The second-order valence-electron chi connectivity index (χ2n) is 7.90. The van der Waals surface area contributed by atoms with E-state index in [0.29, 0.717) is 12.5 Å². The number of phenolic OH excluding ortho intramolecular Hbond substituents is 2. The molecule has 0 radical (unpaired) electrons. The Morgan fingerprint density at radius 1 is 1.11 bits per heavy atom. The molecule has 2 aliphatic rings. The highest BCUT2D eigenvalue weighted by molar-refractivity contribution is 5.41. The molecule has 2 aromatic rings. The number of aromatic hydroxyl groups is 2. The topological polar surface area (TPSA) is 73.2 Å². The van der Waals surface area contributed by atoms with E-state index in [-0.39, 0.29) is 17.4 Å². The average molecular weight is 369 g/mol. The van der Waals surface area contributed by atoms with Gasteiger partial charge in [0.05, 0.1) is 12.7 Å². The van der Waals surface area contributed by atoms with Crippen molar-refractivity contribution in [3.8, 4) is 17.2 Å². The molecule has 1 saturated carbocycles. The number of methoxy groups -OCH3 is 1. The summed E-state index contributed by atoms with van der Waals surface area (Å²) in [7, 11) is 1.65. The minimum absolute atomic E-state index is 0.0883. The van der Waals surface area contributed by atoms with Crippen molar-refractivity contribution < 1.29 is 20.1 Å². The van der Waals surface area contributed by atoms with Crippen molar-refractivity contribution >= 4 is 0 Å². The van der Waals surface area contributed by atoms with Gasteiger partial charge >= 0.3 is 0 Å². The summed E-state index contributed by atoms with van der Waals surface area (Å²) in [5.41, 5.74) is 0.984. The highest BCUT2D eigenvalue weighted by atomic mass is 16.5. The Morgan fingerprint density at radius 3 is 2.70 bits per heavy atom. The van der Waals surface area contributed by atoms with Crippen molar-refractivity contribution in [3.63, 3.8) is 0 Å². The molecule has 0 amide bonds. The SMILES string of the molecule is COc1ccccc1[C@]1(O)CCC[C@@H]2CN(Cc3ccc(O)c(O)c3)C[C@@H]21. The first-order valence-corrected chi connectivity index (χ1v) is 9.60. The number of para-hydroxylation sites is 1. The van der Waals surface area contributed by atoms with Gasteiger partial charge in [0, 0.05) is 31.1 Å². The van der Waals surface area contributed by atoms with Crippen LogP contribution in [0.4, 0.5) is 0 Å². The second-order valence-corrected chi connectivity index (χ2v) is 7.90. The van der Waals surface area contributed by atoms with Crippen LogP contribution in [0.15, 0.2) is 42.5 Å². The van der Waals surface area contributed by atoms with E-state index in [4.69, 9.17) is 4.74 Å². The molecule has 0 bridgehead atoms. The number of likely N-dealkylation sites (tertiary alicyclic amines) is 1. The van der Waals surface area contributed by atoms with Crippen molar-refractivity contribution in [1.29, 1.82) is 0 Å². The number of fused-ring (bicyclic) bond motifs is 1. The molecule has 2 aromatic carbocycles. The number of ether oxygens (including phenoxy) is 1. The monoisotopic (exact) mass is 369 g/mol. The Bertz CT molecular complexity index is 824. The van der Waals surface area contributed by atoms with Gasteiger partial charge in [-0.1, -0.05) is 24.3 Å². The Kier molecular flexibility index (Phi) is 4.74. The zero-order valence-electron chi connectivity index (χ0n) is 15.6. The van der Waals surface area contributed by atoms with Crippen molar-refractivity contribution in [2.24, 2.45) is 11.8 Å². The Balaban J connectivity index is 1.57. The fourth-order valence-corrected chi connectivity index (χ4v) is 5.00. The van der Waals surface area contributed by atoms with E-state index in [9.17, 15) is 15.3 Å². The maximum Gasteiger partial charge on any atom is 0.157 e. The van der Waals surface area contributed by atoms with E-state index in [1.807, 2.05) is 30.3 Å². The van der Waals surface area contributed by atoms with Crippen LogP contribution in [-0.4, -0.2) is 40.4 Å².